The van der Waals surface area contributed by atoms with Crippen molar-refractivity contribution in [1.82, 2.24) is 0 Å². The summed E-state index contributed by atoms with van der Waals surface area (Å²) in [6.45, 7) is 0. The number of alkyl halides is 3. The van der Waals surface area contributed by atoms with Gasteiger partial charge in [0.25, 0.3) is 5.96 Å². The van der Waals surface area contributed by atoms with Gasteiger partial charge in [0.15, 0.2) is 6.23 Å². The molecular formula is C9H5BrF3N3O2. The van der Waals surface area contributed by atoms with Crippen molar-refractivity contribution < 1.29 is 18.3 Å². The lowest BCUT2D eigenvalue weighted by atomic mass is 10.1. The fourth-order valence-electron chi connectivity index (χ4n) is 1.50. The molecule has 1 heterocycles. The summed E-state index contributed by atoms with van der Waals surface area (Å²) in [5, 5.41) is 14.5. The largest absolute Gasteiger partial charge is 0.416 e. The number of anilines is 1. The Labute approximate surface area is 107 Å². The van der Waals surface area contributed by atoms with Crippen molar-refractivity contribution in [2.24, 2.45) is 10.2 Å². The number of halogens is 4. The lowest BCUT2D eigenvalue weighted by Crippen LogP contribution is -2.20. The number of nitrogens with zero attached hydrogens (tertiary/aromatic N) is 2. The van der Waals surface area contributed by atoms with Gasteiger partial charge in [-0.3, -0.25) is 0 Å². The van der Waals surface area contributed by atoms with Gasteiger partial charge >= 0.3 is 6.18 Å². The van der Waals surface area contributed by atoms with Crippen LogP contribution in [-0.2, 0) is 6.18 Å². The minimum atomic E-state index is -4.54. The van der Waals surface area contributed by atoms with Crippen LogP contribution in [0.15, 0.2) is 26.8 Å². The first kappa shape index (κ1) is 13.0. The van der Waals surface area contributed by atoms with E-state index in [4.69, 9.17) is 0 Å². The number of nitroso groups, excluding NO2 is 1. The Morgan fingerprint density at radius 2 is 2.11 bits per heavy atom. The number of aliphatic hydroxyl groups is 1. The Morgan fingerprint density at radius 3 is 2.67 bits per heavy atom. The van der Waals surface area contributed by atoms with Gasteiger partial charge in [0, 0.05) is 15.2 Å². The first-order chi connectivity index (χ1) is 8.32. The lowest BCUT2D eigenvalue weighted by Gasteiger charge is -2.21. The van der Waals surface area contributed by atoms with E-state index in [0.717, 1.165) is 12.1 Å². The van der Waals surface area contributed by atoms with Crippen LogP contribution in [0.2, 0.25) is 0 Å². The van der Waals surface area contributed by atoms with Gasteiger partial charge in [-0.15, -0.1) is 4.91 Å². The quantitative estimate of drug-likeness (QED) is 0.721. The number of rotatable bonds is 0. The smallest absolute Gasteiger partial charge is 0.368 e. The predicted octanol–water partition coefficient (Wildman–Crippen LogP) is 3.01. The summed E-state index contributed by atoms with van der Waals surface area (Å²) in [5.41, 5.74) is -0.865. The van der Waals surface area contributed by atoms with Gasteiger partial charge in [-0.25, -0.2) is 4.99 Å². The lowest BCUT2D eigenvalue weighted by molar-refractivity contribution is -0.137. The number of hydrogen-bond donors (Lipinski definition) is 2. The zero-order valence-corrected chi connectivity index (χ0v) is 10.1. The van der Waals surface area contributed by atoms with Crippen LogP contribution in [-0.4, -0.2) is 11.1 Å². The zero-order valence-electron chi connectivity index (χ0n) is 8.49. The van der Waals surface area contributed by atoms with Gasteiger partial charge in [0.05, 0.1) is 11.3 Å². The number of benzene rings is 1. The van der Waals surface area contributed by atoms with Gasteiger partial charge in [-0.1, -0.05) is 0 Å². The average molecular weight is 324 g/mol. The molecule has 2 N–H and O–H groups in total. The number of aliphatic imine (C=N–C) groups is 1. The molecule has 5 nitrogen and oxygen atoms in total. The van der Waals surface area contributed by atoms with Gasteiger partial charge < -0.3 is 10.4 Å². The summed E-state index contributed by atoms with van der Waals surface area (Å²) in [6.07, 6.45) is -6.10. The molecule has 0 fully saturated rings. The molecule has 0 saturated carbocycles. The van der Waals surface area contributed by atoms with E-state index in [9.17, 15) is 23.2 Å². The Balaban J connectivity index is 2.56. The third-order valence-corrected chi connectivity index (χ3v) is 2.92. The predicted molar refractivity (Wildman–Crippen MR) is 61.0 cm³/mol. The van der Waals surface area contributed by atoms with Crippen molar-refractivity contribution in [3.8, 4) is 0 Å². The molecule has 1 aliphatic rings. The molecule has 1 unspecified atom stereocenters. The van der Waals surface area contributed by atoms with E-state index in [1.165, 1.54) is 0 Å². The summed E-state index contributed by atoms with van der Waals surface area (Å²) in [7, 11) is 0. The van der Waals surface area contributed by atoms with Gasteiger partial charge in [0.2, 0.25) is 0 Å². The molecule has 1 atom stereocenters. The Morgan fingerprint density at radius 1 is 1.44 bits per heavy atom. The summed E-state index contributed by atoms with van der Waals surface area (Å²) >= 11 is 2.94. The molecule has 0 radical (unpaired) electrons. The fourth-order valence-corrected chi connectivity index (χ4v) is 2.08. The monoisotopic (exact) mass is 323 g/mol. The van der Waals surface area contributed by atoms with E-state index < -0.39 is 23.9 Å². The second kappa shape index (κ2) is 4.32. The van der Waals surface area contributed by atoms with Gasteiger partial charge in [0.1, 0.15) is 0 Å². The summed E-state index contributed by atoms with van der Waals surface area (Å²) in [5.74, 6) is -0.393. The molecule has 2 rings (SSSR count). The number of fused-ring (bicyclic) bond motifs is 1. The maximum Gasteiger partial charge on any atom is 0.416 e. The van der Waals surface area contributed by atoms with E-state index in [0.29, 0.717) is 0 Å². The highest BCUT2D eigenvalue weighted by Crippen LogP contribution is 2.40. The molecule has 0 saturated heterocycles. The van der Waals surface area contributed by atoms with Crippen molar-refractivity contribution >= 4 is 27.6 Å². The molecule has 1 aromatic rings. The minimum absolute atomic E-state index is 0.0578. The summed E-state index contributed by atoms with van der Waals surface area (Å²) in [6, 6.07) is 1.61. The van der Waals surface area contributed by atoms with Crippen LogP contribution in [0, 0.1) is 4.91 Å². The Kier molecular flexibility index (Phi) is 3.11. The second-order valence-electron chi connectivity index (χ2n) is 3.46. The Hall–Kier alpha value is -1.48. The highest BCUT2D eigenvalue weighted by Gasteiger charge is 2.34. The minimum Gasteiger partial charge on any atom is -0.368 e. The highest BCUT2D eigenvalue weighted by molar-refractivity contribution is 9.10. The molecule has 0 aromatic heterocycles. The molecule has 0 amide bonds. The van der Waals surface area contributed by atoms with Crippen molar-refractivity contribution in [1.29, 1.82) is 0 Å². The van der Waals surface area contributed by atoms with E-state index in [1.54, 1.807) is 0 Å². The third-order valence-electron chi connectivity index (χ3n) is 2.29. The number of guanidine groups is 1. The number of aliphatic hydroxyl groups excluding tert-OH is 1. The van der Waals surface area contributed by atoms with Crippen molar-refractivity contribution in [3.05, 3.63) is 32.6 Å². The highest BCUT2D eigenvalue weighted by atomic mass is 79.9. The van der Waals surface area contributed by atoms with Gasteiger partial charge in [-0.2, -0.15) is 13.2 Å². The van der Waals surface area contributed by atoms with Crippen molar-refractivity contribution in [2.45, 2.75) is 12.4 Å². The molecule has 18 heavy (non-hydrogen) atoms. The summed E-state index contributed by atoms with van der Waals surface area (Å²) < 4.78 is 37.8. The van der Waals surface area contributed by atoms with Crippen LogP contribution in [0.1, 0.15) is 17.4 Å². The first-order valence-corrected chi connectivity index (χ1v) is 5.39. The fraction of sp³-hybridized carbons (Fsp3) is 0.222. The normalized spacial score (nSPS) is 18.7. The van der Waals surface area contributed by atoms with Crippen LogP contribution in [0.3, 0.4) is 0 Å². The SMILES string of the molecule is O=NC1=NC(O)c2cc(C(F)(F)F)cc(Br)c2N1. The van der Waals surface area contributed by atoms with Crippen LogP contribution in [0.25, 0.3) is 0 Å². The maximum atomic E-state index is 12.6. The molecule has 1 aliphatic heterocycles. The van der Waals surface area contributed by atoms with E-state index in [1.807, 2.05) is 0 Å². The standard InChI is InChI=1S/C9H5BrF3N3O2/c10-5-2-3(9(11,12)13)1-4-6(5)14-8(16-18)15-7(4)17/h1-2,7,17H,(H,14,15). The molecule has 96 valence electrons. The molecule has 0 spiro atoms. The first-order valence-electron chi connectivity index (χ1n) is 4.60. The van der Waals surface area contributed by atoms with Crippen molar-refractivity contribution in [3.63, 3.8) is 0 Å². The Bertz CT molecular complexity index is 545. The van der Waals surface area contributed by atoms with Gasteiger partial charge in [-0.05, 0) is 28.1 Å². The third kappa shape index (κ3) is 2.23. The van der Waals surface area contributed by atoms with Crippen LogP contribution < -0.4 is 5.32 Å². The molecule has 0 bridgehead atoms. The number of nitrogens with one attached hydrogen (secondary N) is 1. The average Bonchev–Trinajstić information content (AvgIpc) is 2.28. The molecule has 0 aliphatic carbocycles. The van der Waals surface area contributed by atoms with Crippen LogP contribution >= 0.6 is 15.9 Å². The second-order valence-corrected chi connectivity index (χ2v) is 4.32. The van der Waals surface area contributed by atoms with Crippen LogP contribution in [0.5, 0.6) is 0 Å². The summed E-state index contributed by atoms with van der Waals surface area (Å²) in [4.78, 5) is 13.7. The zero-order chi connectivity index (χ0) is 13.5. The van der Waals surface area contributed by atoms with E-state index in [2.05, 4.69) is 31.4 Å². The van der Waals surface area contributed by atoms with E-state index >= 15 is 0 Å². The number of hydrogen-bond acceptors (Lipinski definition) is 5. The molecule has 9 heteroatoms. The van der Waals surface area contributed by atoms with Crippen LogP contribution in [0.4, 0.5) is 18.9 Å². The molecular weight excluding hydrogens is 319 g/mol. The maximum absolute atomic E-state index is 12.6. The molecule has 1 aromatic carbocycles. The van der Waals surface area contributed by atoms with Crippen molar-refractivity contribution in [2.75, 3.05) is 5.32 Å². The van der Waals surface area contributed by atoms with E-state index in [-0.39, 0.29) is 15.7 Å². The topological polar surface area (TPSA) is 74.0 Å².